The third-order valence-corrected chi connectivity index (χ3v) is 5.35. The predicted octanol–water partition coefficient (Wildman–Crippen LogP) is 3.90. The van der Waals surface area contributed by atoms with Gasteiger partial charge in [-0.2, -0.15) is 5.26 Å². The highest BCUT2D eigenvalue weighted by molar-refractivity contribution is 8.00. The Morgan fingerprint density at radius 1 is 1.33 bits per heavy atom. The number of carbonyl (C=O) groups excluding carboxylic acids is 1. The number of nitrogens with zero attached hydrogens (tertiary/aromatic N) is 1. The maximum Gasteiger partial charge on any atom is 0.238 e. The molecule has 0 fully saturated rings. The Morgan fingerprint density at radius 3 is 2.92 bits per heavy atom. The minimum Gasteiger partial charge on any atom is -0.490 e. The molecule has 0 spiro atoms. The molecule has 5 nitrogen and oxygen atoms in total. The number of hydrogen-bond donors (Lipinski definition) is 1. The standard InChI is InChI=1S/C17H16N2O3S2/c1-11(16(20)19-17-12(10-18)5-8-23-17)24-13-3-4-14-15(9-13)22-7-2-6-21-14/h3-5,8-9,11H,2,6-7H2,1H3,(H,19,20). The molecular weight excluding hydrogens is 344 g/mol. The van der Waals surface area contributed by atoms with Gasteiger partial charge in [0.1, 0.15) is 11.1 Å². The quantitative estimate of drug-likeness (QED) is 0.837. The first-order valence-electron chi connectivity index (χ1n) is 7.52. The van der Waals surface area contributed by atoms with Crippen LogP contribution in [0.4, 0.5) is 5.00 Å². The average Bonchev–Trinajstić information content (AvgIpc) is 2.89. The molecule has 2 heterocycles. The Bertz CT molecular complexity index is 782. The van der Waals surface area contributed by atoms with Crippen LogP contribution >= 0.6 is 23.1 Å². The number of carbonyl (C=O) groups is 1. The molecule has 1 N–H and O–H groups in total. The fourth-order valence-electron chi connectivity index (χ4n) is 2.18. The Hall–Kier alpha value is -2.17. The summed E-state index contributed by atoms with van der Waals surface area (Å²) in [7, 11) is 0. The fourth-order valence-corrected chi connectivity index (χ4v) is 3.82. The largest absolute Gasteiger partial charge is 0.490 e. The predicted molar refractivity (Wildman–Crippen MR) is 95.0 cm³/mol. The van der Waals surface area contributed by atoms with Crippen LogP contribution in [-0.4, -0.2) is 24.4 Å². The van der Waals surface area contributed by atoms with Crippen LogP contribution in [0.3, 0.4) is 0 Å². The lowest BCUT2D eigenvalue weighted by atomic mass is 10.3. The van der Waals surface area contributed by atoms with Crippen molar-refractivity contribution < 1.29 is 14.3 Å². The van der Waals surface area contributed by atoms with Crippen molar-refractivity contribution in [2.75, 3.05) is 18.5 Å². The second-order valence-electron chi connectivity index (χ2n) is 5.18. The molecule has 0 bridgehead atoms. The SMILES string of the molecule is CC(Sc1ccc2c(c1)OCCCO2)C(=O)Nc1sccc1C#N. The van der Waals surface area contributed by atoms with Crippen molar-refractivity contribution in [1.82, 2.24) is 0 Å². The number of hydrogen-bond acceptors (Lipinski definition) is 6. The van der Waals surface area contributed by atoms with E-state index in [2.05, 4.69) is 11.4 Å². The summed E-state index contributed by atoms with van der Waals surface area (Å²) in [5, 5.41) is 13.9. The number of amides is 1. The summed E-state index contributed by atoms with van der Waals surface area (Å²) in [5.74, 6) is 1.33. The molecule has 1 aliphatic rings. The maximum absolute atomic E-state index is 12.3. The molecule has 0 radical (unpaired) electrons. The van der Waals surface area contributed by atoms with E-state index in [1.54, 1.807) is 11.4 Å². The van der Waals surface area contributed by atoms with Gasteiger partial charge in [-0.3, -0.25) is 4.79 Å². The molecule has 124 valence electrons. The minimum absolute atomic E-state index is 0.133. The van der Waals surface area contributed by atoms with Gasteiger partial charge in [-0.1, -0.05) is 0 Å². The highest BCUT2D eigenvalue weighted by atomic mass is 32.2. The highest BCUT2D eigenvalue weighted by Crippen LogP contribution is 2.35. The third kappa shape index (κ3) is 3.83. The highest BCUT2D eigenvalue weighted by Gasteiger charge is 2.18. The Labute approximate surface area is 148 Å². The van der Waals surface area contributed by atoms with Crippen LogP contribution in [0.1, 0.15) is 18.9 Å². The lowest BCUT2D eigenvalue weighted by Crippen LogP contribution is -2.22. The number of anilines is 1. The van der Waals surface area contributed by atoms with Crippen molar-refractivity contribution in [1.29, 1.82) is 5.26 Å². The van der Waals surface area contributed by atoms with Gasteiger partial charge in [-0.15, -0.1) is 23.1 Å². The van der Waals surface area contributed by atoms with Crippen molar-refractivity contribution in [2.24, 2.45) is 0 Å². The average molecular weight is 360 g/mol. The van der Waals surface area contributed by atoms with Gasteiger partial charge in [0.25, 0.3) is 0 Å². The number of rotatable bonds is 4. The van der Waals surface area contributed by atoms with Gasteiger partial charge >= 0.3 is 0 Å². The number of thiophene rings is 1. The van der Waals surface area contributed by atoms with Crippen LogP contribution in [-0.2, 0) is 4.79 Å². The van der Waals surface area contributed by atoms with E-state index < -0.39 is 0 Å². The van der Waals surface area contributed by atoms with Gasteiger partial charge < -0.3 is 14.8 Å². The summed E-state index contributed by atoms with van der Waals surface area (Å²) in [6.07, 6.45) is 0.859. The van der Waals surface area contributed by atoms with Crippen molar-refractivity contribution >= 4 is 34.0 Å². The first kappa shape index (κ1) is 16.7. The normalized spacial score (nSPS) is 14.3. The molecule has 1 aromatic heterocycles. The monoisotopic (exact) mass is 360 g/mol. The molecule has 0 saturated heterocycles. The van der Waals surface area contributed by atoms with E-state index in [1.807, 2.05) is 25.1 Å². The minimum atomic E-state index is -0.302. The van der Waals surface area contributed by atoms with Gasteiger partial charge in [0, 0.05) is 11.3 Å². The lowest BCUT2D eigenvalue weighted by Gasteiger charge is -2.13. The first-order valence-corrected chi connectivity index (χ1v) is 9.28. The van der Waals surface area contributed by atoms with Gasteiger partial charge in [-0.25, -0.2) is 0 Å². The maximum atomic E-state index is 12.3. The van der Waals surface area contributed by atoms with E-state index in [4.69, 9.17) is 14.7 Å². The number of ether oxygens (including phenoxy) is 2. The summed E-state index contributed by atoms with van der Waals surface area (Å²) in [6.45, 7) is 3.12. The van der Waals surface area contributed by atoms with E-state index in [0.29, 0.717) is 23.8 Å². The molecule has 3 rings (SSSR count). The van der Waals surface area contributed by atoms with Gasteiger partial charge in [0.15, 0.2) is 11.5 Å². The zero-order chi connectivity index (χ0) is 16.9. The first-order chi connectivity index (χ1) is 11.7. The van der Waals surface area contributed by atoms with E-state index in [9.17, 15) is 4.79 Å². The summed E-state index contributed by atoms with van der Waals surface area (Å²) in [5.41, 5.74) is 0.487. The number of nitrogens with one attached hydrogen (secondary N) is 1. The molecule has 7 heteroatoms. The van der Waals surface area contributed by atoms with Crippen molar-refractivity contribution in [2.45, 2.75) is 23.5 Å². The second-order valence-corrected chi connectivity index (χ2v) is 7.51. The molecule has 0 aliphatic carbocycles. The molecule has 2 aromatic rings. The van der Waals surface area contributed by atoms with Gasteiger partial charge in [-0.05, 0) is 36.6 Å². The molecule has 1 aliphatic heterocycles. The van der Waals surface area contributed by atoms with E-state index >= 15 is 0 Å². The van der Waals surface area contributed by atoms with E-state index in [1.165, 1.54) is 23.1 Å². The van der Waals surface area contributed by atoms with Gasteiger partial charge in [0.05, 0.1) is 24.0 Å². The van der Waals surface area contributed by atoms with Crippen LogP contribution in [0.2, 0.25) is 0 Å². The van der Waals surface area contributed by atoms with Crippen LogP contribution < -0.4 is 14.8 Å². The topological polar surface area (TPSA) is 71.3 Å². The Balaban J connectivity index is 1.66. The fraction of sp³-hybridized carbons (Fsp3) is 0.294. The Kier molecular flexibility index (Phi) is 5.28. The number of nitriles is 1. The van der Waals surface area contributed by atoms with Gasteiger partial charge in [0.2, 0.25) is 5.91 Å². The molecular formula is C17H16N2O3S2. The second kappa shape index (κ2) is 7.60. The van der Waals surface area contributed by atoms with Crippen molar-refractivity contribution in [3.8, 4) is 17.6 Å². The summed E-state index contributed by atoms with van der Waals surface area (Å²) >= 11 is 2.79. The van der Waals surface area contributed by atoms with Crippen LogP contribution in [0.25, 0.3) is 0 Å². The molecule has 1 atom stereocenters. The zero-order valence-corrected chi connectivity index (χ0v) is 14.7. The Morgan fingerprint density at radius 2 is 2.12 bits per heavy atom. The van der Waals surface area contributed by atoms with E-state index in [0.717, 1.165) is 22.8 Å². The zero-order valence-electron chi connectivity index (χ0n) is 13.1. The lowest BCUT2D eigenvalue weighted by molar-refractivity contribution is -0.115. The van der Waals surface area contributed by atoms with Crippen molar-refractivity contribution in [3.63, 3.8) is 0 Å². The summed E-state index contributed by atoms with van der Waals surface area (Å²) < 4.78 is 11.3. The smallest absolute Gasteiger partial charge is 0.238 e. The van der Waals surface area contributed by atoms with Crippen LogP contribution in [0, 0.1) is 11.3 Å². The third-order valence-electron chi connectivity index (χ3n) is 3.42. The van der Waals surface area contributed by atoms with Crippen molar-refractivity contribution in [3.05, 3.63) is 35.2 Å². The molecule has 1 unspecified atom stereocenters. The van der Waals surface area contributed by atoms with Crippen LogP contribution in [0.15, 0.2) is 34.5 Å². The molecule has 0 saturated carbocycles. The molecule has 24 heavy (non-hydrogen) atoms. The molecule has 1 aromatic carbocycles. The summed E-state index contributed by atoms with van der Waals surface area (Å²) in [4.78, 5) is 13.3. The molecule has 1 amide bonds. The summed E-state index contributed by atoms with van der Waals surface area (Å²) in [6, 6.07) is 9.47. The number of thioether (sulfide) groups is 1. The van der Waals surface area contributed by atoms with E-state index in [-0.39, 0.29) is 11.2 Å². The number of benzene rings is 1. The number of fused-ring (bicyclic) bond motifs is 1. The van der Waals surface area contributed by atoms with Crippen LogP contribution in [0.5, 0.6) is 11.5 Å².